The maximum atomic E-state index is 12.2. The Morgan fingerprint density at radius 1 is 0.731 bits per heavy atom. The first kappa shape index (κ1) is 17.2. The van der Waals surface area contributed by atoms with E-state index in [1.54, 1.807) is 48.5 Å². The van der Waals surface area contributed by atoms with E-state index in [-0.39, 0.29) is 12.4 Å². The molecule has 0 unspecified atom stereocenters. The summed E-state index contributed by atoms with van der Waals surface area (Å²) in [6, 6.07) is 21.2. The van der Waals surface area contributed by atoms with Gasteiger partial charge in [-0.25, -0.2) is 9.59 Å². The second kappa shape index (κ2) is 7.98. The van der Waals surface area contributed by atoms with Crippen molar-refractivity contribution in [3.05, 3.63) is 95.6 Å². The Bertz CT molecular complexity index is 901. The van der Waals surface area contributed by atoms with Crippen molar-refractivity contribution in [2.45, 2.75) is 6.61 Å². The van der Waals surface area contributed by atoms with E-state index < -0.39 is 11.9 Å². The molecule has 3 rings (SSSR count). The summed E-state index contributed by atoms with van der Waals surface area (Å²) >= 11 is 0. The number of hydrogen-bond donors (Lipinski definition) is 1. The van der Waals surface area contributed by atoms with E-state index in [0.29, 0.717) is 22.4 Å². The summed E-state index contributed by atoms with van der Waals surface area (Å²) in [5.41, 5.74) is 1.33. The lowest BCUT2D eigenvalue weighted by Crippen LogP contribution is -2.11. The van der Waals surface area contributed by atoms with E-state index in [1.807, 2.05) is 6.07 Å². The Hall–Kier alpha value is -3.60. The van der Waals surface area contributed by atoms with Crippen molar-refractivity contribution in [2.24, 2.45) is 0 Å². The number of aromatic hydroxyl groups is 1. The average molecular weight is 348 g/mol. The van der Waals surface area contributed by atoms with Crippen molar-refractivity contribution in [1.29, 1.82) is 0 Å². The Morgan fingerprint density at radius 2 is 1.35 bits per heavy atom. The molecular formula is C21H16O5. The molecular weight excluding hydrogens is 332 g/mol. The molecule has 0 aliphatic carbocycles. The van der Waals surface area contributed by atoms with Crippen LogP contribution < -0.4 is 4.74 Å². The minimum Gasteiger partial charge on any atom is -0.508 e. The third-order valence-electron chi connectivity index (χ3n) is 3.65. The van der Waals surface area contributed by atoms with E-state index in [1.165, 1.54) is 24.3 Å². The zero-order chi connectivity index (χ0) is 18.4. The molecule has 5 heteroatoms. The van der Waals surface area contributed by atoms with Crippen LogP contribution in [0.4, 0.5) is 0 Å². The number of esters is 2. The molecule has 26 heavy (non-hydrogen) atoms. The number of carbonyl (C=O) groups excluding carboxylic acids is 2. The highest BCUT2D eigenvalue weighted by molar-refractivity contribution is 5.91. The second-order valence-corrected chi connectivity index (χ2v) is 5.49. The maximum absolute atomic E-state index is 12.2. The van der Waals surface area contributed by atoms with Crippen LogP contribution in [0.3, 0.4) is 0 Å². The van der Waals surface area contributed by atoms with Gasteiger partial charge in [-0.2, -0.15) is 0 Å². The van der Waals surface area contributed by atoms with Gasteiger partial charge in [-0.1, -0.05) is 36.4 Å². The third-order valence-corrected chi connectivity index (χ3v) is 3.65. The molecule has 0 bridgehead atoms. The van der Waals surface area contributed by atoms with Crippen molar-refractivity contribution in [3.63, 3.8) is 0 Å². The molecule has 0 aliphatic heterocycles. The minimum atomic E-state index is -0.563. The maximum Gasteiger partial charge on any atom is 0.343 e. The van der Waals surface area contributed by atoms with Gasteiger partial charge in [0.15, 0.2) is 0 Å². The van der Waals surface area contributed by atoms with Gasteiger partial charge >= 0.3 is 11.9 Å². The van der Waals surface area contributed by atoms with Crippen molar-refractivity contribution >= 4 is 11.9 Å². The van der Waals surface area contributed by atoms with Gasteiger partial charge in [-0.15, -0.1) is 0 Å². The van der Waals surface area contributed by atoms with Gasteiger partial charge in [0.25, 0.3) is 0 Å². The zero-order valence-corrected chi connectivity index (χ0v) is 13.8. The van der Waals surface area contributed by atoms with E-state index >= 15 is 0 Å². The van der Waals surface area contributed by atoms with Crippen LogP contribution in [0.25, 0.3) is 0 Å². The fourth-order valence-corrected chi connectivity index (χ4v) is 2.28. The van der Waals surface area contributed by atoms with Crippen LogP contribution in [0, 0.1) is 0 Å². The SMILES string of the molecule is O=C(OCc1ccccc1OC(=O)c1ccc(O)cc1)c1ccccc1. The summed E-state index contributed by atoms with van der Waals surface area (Å²) in [6.45, 7) is -0.0211. The van der Waals surface area contributed by atoms with Crippen molar-refractivity contribution in [1.82, 2.24) is 0 Å². The Labute approximate surface area is 150 Å². The molecule has 130 valence electrons. The molecule has 0 fully saturated rings. The Kier molecular flexibility index (Phi) is 5.29. The number of phenols is 1. The summed E-state index contributed by atoms with van der Waals surface area (Å²) in [5, 5.41) is 9.29. The molecule has 0 radical (unpaired) electrons. The number of benzene rings is 3. The predicted octanol–water partition coefficient (Wildman–Crippen LogP) is 3.97. The lowest BCUT2D eigenvalue weighted by molar-refractivity contribution is 0.0469. The van der Waals surface area contributed by atoms with Gasteiger partial charge in [0, 0.05) is 5.56 Å². The van der Waals surface area contributed by atoms with E-state index in [9.17, 15) is 14.7 Å². The minimum absolute atomic E-state index is 0.0211. The molecule has 1 N–H and O–H groups in total. The highest BCUT2D eigenvalue weighted by Crippen LogP contribution is 2.21. The van der Waals surface area contributed by atoms with E-state index in [0.717, 1.165) is 0 Å². The van der Waals surface area contributed by atoms with Crippen molar-refractivity contribution in [3.8, 4) is 11.5 Å². The van der Waals surface area contributed by atoms with Crippen molar-refractivity contribution < 1.29 is 24.2 Å². The van der Waals surface area contributed by atoms with E-state index in [2.05, 4.69) is 0 Å². The standard InChI is InChI=1S/C21H16O5/c22-18-12-10-16(11-13-18)21(24)26-19-9-5-4-8-17(19)14-25-20(23)15-6-2-1-3-7-15/h1-13,22H,14H2. The largest absolute Gasteiger partial charge is 0.508 e. The summed E-state index contributed by atoms with van der Waals surface area (Å²) < 4.78 is 10.7. The first-order chi connectivity index (χ1) is 12.6. The first-order valence-electron chi connectivity index (χ1n) is 7.95. The Morgan fingerprint density at radius 3 is 2.08 bits per heavy atom. The molecule has 0 saturated heterocycles. The number of ether oxygens (including phenoxy) is 2. The number of rotatable bonds is 5. The molecule has 0 amide bonds. The first-order valence-corrected chi connectivity index (χ1v) is 7.95. The smallest absolute Gasteiger partial charge is 0.343 e. The van der Waals surface area contributed by atoms with Crippen LogP contribution in [-0.4, -0.2) is 17.0 Å². The molecule has 0 aliphatic rings. The van der Waals surface area contributed by atoms with Crippen LogP contribution in [0.5, 0.6) is 11.5 Å². The average Bonchev–Trinajstić information content (AvgIpc) is 2.68. The topological polar surface area (TPSA) is 72.8 Å². The zero-order valence-electron chi connectivity index (χ0n) is 13.8. The van der Waals surface area contributed by atoms with E-state index in [4.69, 9.17) is 9.47 Å². The van der Waals surface area contributed by atoms with Gasteiger partial charge in [0.1, 0.15) is 18.1 Å². The summed E-state index contributed by atoms with van der Waals surface area (Å²) in [6.07, 6.45) is 0. The summed E-state index contributed by atoms with van der Waals surface area (Å²) in [7, 11) is 0. The molecule has 0 heterocycles. The van der Waals surface area contributed by atoms with Gasteiger partial charge < -0.3 is 14.6 Å². The highest BCUT2D eigenvalue weighted by Gasteiger charge is 2.13. The lowest BCUT2D eigenvalue weighted by Gasteiger charge is -2.11. The van der Waals surface area contributed by atoms with Crippen LogP contribution in [-0.2, 0) is 11.3 Å². The van der Waals surface area contributed by atoms with Crippen LogP contribution in [0.1, 0.15) is 26.3 Å². The third kappa shape index (κ3) is 4.27. The molecule has 0 spiro atoms. The van der Waals surface area contributed by atoms with Crippen LogP contribution >= 0.6 is 0 Å². The molecule has 5 nitrogen and oxygen atoms in total. The quantitative estimate of drug-likeness (QED) is 0.558. The molecule has 0 saturated carbocycles. The normalized spacial score (nSPS) is 10.2. The fourth-order valence-electron chi connectivity index (χ4n) is 2.28. The number of para-hydroxylation sites is 1. The van der Waals surface area contributed by atoms with Crippen LogP contribution in [0.15, 0.2) is 78.9 Å². The van der Waals surface area contributed by atoms with Gasteiger partial charge in [-0.3, -0.25) is 0 Å². The highest BCUT2D eigenvalue weighted by atomic mass is 16.5. The van der Waals surface area contributed by atoms with Gasteiger partial charge in [-0.05, 0) is 42.5 Å². The molecule has 0 atom stereocenters. The number of phenolic OH excluding ortho intramolecular Hbond substituents is 1. The van der Waals surface area contributed by atoms with Gasteiger partial charge in [0.05, 0.1) is 11.1 Å². The predicted molar refractivity (Wildman–Crippen MR) is 95.1 cm³/mol. The van der Waals surface area contributed by atoms with Crippen LogP contribution in [0.2, 0.25) is 0 Å². The fraction of sp³-hybridized carbons (Fsp3) is 0.0476. The van der Waals surface area contributed by atoms with Gasteiger partial charge in [0.2, 0.25) is 0 Å². The summed E-state index contributed by atoms with van der Waals surface area (Å²) in [5.74, 6) is -0.640. The number of carbonyl (C=O) groups is 2. The molecule has 3 aromatic rings. The molecule has 3 aromatic carbocycles. The summed E-state index contributed by atoms with van der Waals surface area (Å²) in [4.78, 5) is 24.3. The lowest BCUT2D eigenvalue weighted by atomic mass is 10.2. The molecule has 0 aromatic heterocycles. The Balaban J connectivity index is 1.69. The second-order valence-electron chi connectivity index (χ2n) is 5.49. The monoisotopic (exact) mass is 348 g/mol. The van der Waals surface area contributed by atoms with Crippen molar-refractivity contribution in [2.75, 3.05) is 0 Å². The number of hydrogen-bond acceptors (Lipinski definition) is 5.